The first-order valence-electron chi connectivity index (χ1n) is 6.78. The van der Waals surface area contributed by atoms with Crippen molar-refractivity contribution >= 4 is 61.2 Å². The average molecular weight is 365 g/mol. The SMILES string of the molecule is Cc1sc(C(=O)Nc2sc3ccccc3c2Cl)c(C(N)=O)c1C. The number of primary amides is 1. The number of rotatable bonds is 3. The molecule has 0 unspecified atom stereocenters. The molecule has 3 rings (SSSR count). The van der Waals surface area contributed by atoms with Gasteiger partial charge in [-0.05, 0) is 25.5 Å². The highest BCUT2D eigenvalue weighted by atomic mass is 35.5. The lowest BCUT2D eigenvalue weighted by Crippen LogP contribution is -2.18. The Labute approximate surface area is 145 Å². The molecule has 3 N–H and O–H groups in total. The van der Waals surface area contributed by atoms with Crippen LogP contribution < -0.4 is 11.1 Å². The minimum absolute atomic E-state index is 0.280. The number of nitrogens with two attached hydrogens (primary N) is 1. The molecular weight excluding hydrogens is 352 g/mol. The van der Waals surface area contributed by atoms with E-state index >= 15 is 0 Å². The second kappa shape index (κ2) is 5.96. The first-order chi connectivity index (χ1) is 10.9. The summed E-state index contributed by atoms with van der Waals surface area (Å²) in [4.78, 5) is 25.4. The van der Waals surface area contributed by atoms with E-state index in [0.717, 1.165) is 20.5 Å². The molecule has 0 aliphatic rings. The van der Waals surface area contributed by atoms with Gasteiger partial charge in [-0.25, -0.2) is 0 Å². The van der Waals surface area contributed by atoms with Gasteiger partial charge in [-0.1, -0.05) is 29.8 Å². The maximum atomic E-state index is 12.6. The van der Waals surface area contributed by atoms with Crippen LogP contribution in [-0.2, 0) is 0 Å². The van der Waals surface area contributed by atoms with Gasteiger partial charge in [0.1, 0.15) is 9.88 Å². The zero-order chi connectivity index (χ0) is 16.7. The monoisotopic (exact) mass is 364 g/mol. The fourth-order valence-corrected chi connectivity index (χ4v) is 4.77. The third-order valence-electron chi connectivity index (χ3n) is 3.60. The summed E-state index contributed by atoms with van der Waals surface area (Å²) >= 11 is 8.99. The van der Waals surface area contributed by atoms with E-state index in [4.69, 9.17) is 17.3 Å². The second-order valence-corrected chi connectivity index (χ2v) is 7.70. The Bertz CT molecular complexity index is 943. The van der Waals surface area contributed by atoms with Gasteiger partial charge >= 0.3 is 0 Å². The number of hydrogen-bond donors (Lipinski definition) is 2. The van der Waals surface area contributed by atoms with Gasteiger partial charge in [0.25, 0.3) is 11.8 Å². The van der Waals surface area contributed by atoms with E-state index < -0.39 is 5.91 Å². The van der Waals surface area contributed by atoms with Crippen LogP contribution in [0.25, 0.3) is 10.1 Å². The van der Waals surface area contributed by atoms with Crippen molar-refractivity contribution in [3.05, 3.63) is 50.2 Å². The lowest BCUT2D eigenvalue weighted by molar-refractivity contribution is 0.0979. The fourth-order valence-electron chi connectivity index (χ4n) is 2.34. The van der Waals surface area contributed by atoms with Crippen LogP contribution >= 0.6 is 34.3 Å². The maximum Gasteiger partial charge on any atom is 0.267 e. The predicted molar refractivity (Wildman–Crippen MR) is 97.1 cm³/mol. The van der Waals surface area contributed by atoms with Crippen LogP contribution in [0.3, 0.4) is 0 Å². The smallest absolute Gasteiger partial charge is 0.267 e. The molecule has 0 bridgehead atoms. The molecule has 0 aliphatic carbocycles. The lowest BCUT2D eigenvalue weighted by Gasteiger charge is -2.03. The van der Waals surface area contributed by atoms with Crippen LogP contribution in [0.5, 0.6) is 0 Å². The van der Waals surface area contributed by atoms with E-state index in [-0.39, 0.29) is 11.5 Å². The van der Waals surface area contributed by atoms with Crippen LogP contribution in [0, 0.1) is 13.8 Å². The minimum atomic E-state index is -0.598. The van der Waals surface area contributed by atoms with Gasteiger partial charge in [0.05, 0.1) is 10.6 Å². The van der Waals surface area contributed by atoms with Crippen LogP contribution in [0.4, 0.5) is 5.00 Å². The Balaban J connectivity index is 2.00. The molecule has 0 aliphatic heterocycles. The van der Waals surface area contributed by atoms with E-state index in [1.807, 2.05) is 31.2 Å². The molecule has 23 heavy (non-hydrogen) atoms. The average Bonchev–Trinajstić information content (AvgIpc) is 2.98. The standard InChI is InChI=1S/C16H13ClN2O2S2/c1-7-8(2)22-13(11(7)14(18)20)15(21)19-16-12(17)9-5-3-4-6-10(9)23-16/h3-6H,1-2H3,(H2,18,20)(H,19,21). The molecule has 4 nitrogen and oxygen atoms in total. The Morgan fingerprint density at radius 1 is 1.17 bits per heavy atom. The molecule has 118 valence electrons. The number of fused-ring (bicyclic) bond motifs is 1. The summed E-state index contributed by atoms with van der Waals surface area (Å²) in [6, 6.07) is 7.65. The Kier molecular flexibility index (Phi) is 4.14. The number of amides is 2. The molecule has 2 amide bonds. The minimum Gasteiger partial charge on any atom is -0.366 e. The van der Waals surface area contributed by atoms with E-state index in [2.05, 4.69) is 5.32 Å². The molecule has 2 heterocycles. The molecule has 0 fully saturated rings. The molecule has 7 heteroatoms. The third-order valence-corrected chi connectivity index (χ3v) is 6.40. The molecule has 0 atom stereocenters. The van der Waals surface area contributed by atoms with Crippen molar-refractivity contribution in [3.8, 4) is 0 Å². The quantitative estimate of drug-likeness (QED) is 0.713. The van der Waals surface area contributed by atoms with E-state index in [9.17, 15) is 9.59 Å². The number of nitrogens with one attached hydrogen (secondary N) is 1. The van der Waals surface area contributed by atoms with E-state index in [0.29, 0.717) is 14.9 Å². The summed E-state index contributed by atoms with van der Waals surface area (Å²) < 4.78 is 0.987. The molecule has 0 saturated carbocycles. The van der Waals surface area contributed by atoms with E-state index in [1.165, 1.54) is 22.7 Å². The summed E-state index contributed by atoms with van der Waals surface area (Å²) in [5.74, 6) is -0.965. The van der Waals surface area contributed by atoms with Gasteiger partial charge in [0.15, 0.2) is 0 Å². The summed E-state index contributed by atoms with van der Waals surface area (Å²) in [5.41, 5.74) is 6.44. The second-order valence-electron chi connectivity index (χ2n) is 5.05. The molecule has 0 radical (unpaired) electrons. The van der Waals surface area contributed by atoms with Gasteiger partial charge in [0.2, 0.25) is 0 Å². The number of carbonyl (C=O) groups excluding carboxylic acids is 2. The van der Waals surface area contributed by atoms with Crippen molar-refractivity contribution in [1.82, 2.24) is 0 Å². The number of halogens is 1. The van der Waals surface area contributed by atoms with Crippen LogP contribution in [-0.4, -0.2) is 11.8 Å². The number of carbonyl (C=O) groups is 2. The first kappa shape index (κ1) is 16.0. The summed E-state index contributed by atoms with van der Waals surface area (Å²) in [7, 11) is 0. The summed E-state index contributed by atoms with van der Waals surface area (Å²) in [5, 5.41) is 4.76. The predicted octanol–water partition coefficient (Wildman–Crippen LogP) is 4.58. The third kappa shape index (κ3) is 2.73. The Morgan fingerprint density at radius 2 is 1.87 bits per heavy atom. The molecule has 2 aromatic heterocycles. The Hall–Kier alpha value is -1.89. The van der Waals surface area contributed by atoms with Crippen molar-refractivity contribution in [2.75, 3.05) is 5.32 Å². The van der Waals surface area contributed by atoms with Gasteiger partial charge in [-0.2, -0.15) is 0 Å². The number of aryl methyl sites for hydroxylation is 1. The number of hydrogen-bond acceptors (Lipinski definition) is 4. The highest BCUT2D eigenvalue weighted by molar-refractivity contribution is 7.24. The van der Waals surface area contributed by atoms with Crippen molar-refractivity contribution in [2.24, 2.45) is 5.73 Å². The summed E-state index contributed by atoms with van der Waals surface area (Å²) in [6.45, 7) is 3.64. The van der Waals surface area contributed by atoms with Crippen molar-refractivity contribution in [1.29, 1.82) is 0 Å². The van der Waals surface area contributed by atoms with Gasteiger partial charge < -0.3 is 11.1 Å². The molecular formula is C16H13ClN2O2S2. The van der Waals surface area contributed by atoms with Crippen molar-refractivity contribution < 1.29 is 9.59 Å². The molecule has 3 aromatic rings. The van der Waals surface area contributed by atoms with Gasteiger partial charge in [-0.3, -0.25) is 9.59 Å². The fraction of sp³-hybridized carbons (Fsp3) is 0.125. The summed E-state index contributed by atoms with van der Waals surface area (Å²) in [6.07, 6.45) is 0. The number of benzene rings is 1. The van der Waals surface area contributed by atoms with Crippen LogP contribution in [0.2, 0.25) is 5.02 Å². The van der Waals surface area contributed by atoms with Gasteiger partial charge in [-0.15, -0.1) is 22.7 Å². The highest BCUT2D eigenvalue weighted by Crippen LogP contribution is 2.40. The van der Waals surface area contributed by atoms with Gasteiger partial charge in [0, 0.05) is 15.0 Å². The molecule has 0 saturated heterocycles. The Morgan fingerprint density at radius 3 is 2.52 bits per heavy atom. The number of anilines is 1. The lowest BCUT2D eigenvalue weighted by atomic mass is 10.1. The zero-order valence-corrected chi connectivity index (χ0v) is 14.8. The highest BCUT2D eigenvalue weighted by Gasteiger charge is 2.23. The maximum absolute atomic E-state index is 12.6. The topological polar surface area (TPSA) is 72.2 Å². The largest absolute Gasteiger partial charge is 0.366 e. The van der Waals surface area contributed by atoms with E-state index in [1.54, 1.807) is 6.92 Å². The zero-order valence-electron chi connectivity index (χ0n) is 12.4. The van der Waals surface area contributed by atoms with Crippen molar-refractivity contribution in [3.63, 3.8) is 0 Å². The molecule has 0 spiro atoms. The molecule has 1 aromatic carbocycles. The van der Waals surface area contributed by atoms with Crippen LogP contribution in [0.15, 0.2) is 24.3 Å². The normalized spacial score (nSPS) is 10.9. The van der Waals surface area contributed by atoms with Crippen LogP contribution in [0.1, 0.15) is 30.5 Å². The number of thiophene rings is 2. The van der Waals surface area contributed by atoms with Crippen molar-refractivity contribution in [2.45, 2.75) is 13.8 Å². The first-order valence-corrected chi connectivity index (χ1v) is 8.79.